The number of alkyl carbamates (subject to hydrolysis) is 2. The second-order valence-electron chi connectivity index (χ2n) is 10.8. The SMILES string of the molecule is CCCCCCCCCCCCCCCCCCNC(=O)OCC(COC(=O)NCCN1CCCC1)OC.Cl. The second kappa shape index (κ2) is 28.3. The van der Waals surface area contributed by atoms with Crippen molar-refractivity contribution in [3.63, 3.8) is 0 Å². The molecule has 1 fully saturated rings. The Balaban J connectivity index is 0.0000144. The molecule has 0 saturated carbocycles. The van der Waals surface area contributed by atoms with Gasteiger partial charge in [0.15, 0.2) is 0 Å². The summed E-state index contributed by atoms with van der Waals surface area (Å²) in [5.74, 6) is 0. The highest BCUT2D eigenvalue weighted by molar-refractivity contribution is 5.85. The maximum atomic E-state index is 11.9. The van der Waals surface area contributed by atoms with Gasteiger partial charge in [-0.05, 0) is 32.4 Å². The van der Waals surface area contributed by atoms with E-state index in [9.17, 15) is 9.59 Å². The molecular formula is C30H60ClN3O5. The number of halogens is 1. The van der Waals surface area contributed by atoms with Crippen molar-refractivity contribution in [2.24, 2.45) is 0 Å². The number of unbranched alkanes of at least 4 members (excludes halogenated alkanes) is 15. The van der Waals surface area contributed by atoms with Crippen molar-refractivity contribution in [3.05, 3.63) is 0 Å². The smallest absolute Gasteiger partial charge is 0.407 e. The summed E-state index contributed by atoms with van der Waals surface area (Å²) < 4.78 is 15.7. The summed E-state index contributed by atoms with van der Waals surface area (Å²) in [6, 6.07) is 0. The van der Waals surface area contributed by atoms with Crippen molar-refractivity contribution >= 4 is 24.6 Å². The number of amides is 2. The van der Waals surface area contributed by atoms with E-state index in [0.29, 0.717) is 13.1 Å². The number of likely N-dealkylation sites (tertiary alicyclic amines) is 1. The Bertz CT molecular complexity index is 565. The van der Waals surface area contributed by atoms with E-state index in [1.807, 2.05) is 0 Å². The van der Waals surface area contributed by atoms with Crippen molar-refractivity contribution < 1.29 is 23.8 Å². The Morgan fingerprint density at radius 1 is 0.667 bits per heavy atom. The van der Waals surface area contributed by atoms with Crippen LogP contribution in [0.2, 0.25) is 0 Å². The highest BCUT2D eigenvalue weighted by Crippen LogP contribution is 2.13. The first-order chi connectivity index (χ1) is 18.7. The van der Waals surface area contributed by atoms with Crippen LogP contribution in [0.25, 0.3) is 0 Å². The molecule has 1 rings (SSSR count). The maximum absolute atomic E-state index is 11.9. The van der Waals surface area contributed by atoms with Gasteiger partial charge in [0, 0.05) is 26.7 Å². The molecule has 1 atom stereocenters. The van der Waals surface area contributed by atoms with Gasteiger partial charge in [-0.15, -0.1) is 12.4 Å². The van der Waals surface area contributed by atoms with Crippen LogP contribution in [0.1, 0.15) is 122 Å². The van der Waals surface area contributed by atoms with Crippen molar-refractivity contribution in [3.8, 4) is 0 Å². The molecule has 9 heteroatoms. The average Bonchev–Trinajstić information content (AvgIpc) is 3.44. The number of nitrogens with one attached hydrogen (secondary N) is 2. The molecule has 0 aromatic heterocycles. The summed E-state index contributed by atoms with van der Waals surface area (Å²) >= 11 is 0. The van der Waals surface area contributed by atoms with Gasteiger partial charge in [0.1, 0.15) is 19.3 Å². The van der Waals surface area contributed by atoms with Crippen LogP contribution in [0.4, 0.5) is 9.59 Å². The normalized spacial score (nSPS) is 14.0. The molecule has 8 nitrogen and oxygen atoms in total. The topological polar surface area (TPSA) is 89.1 Å². The van der Waals surface area contributed by atoms with E-state index in [2.05, 4.69) is 22.5 Å². The fraction of sp³-hybridized carbons (Fsp3) is 0.933. The number of rotatable bonds is 25. The summed E-state index contributed by atoms with van der Waals surface area (Å²) in [7, 11) is 1.51. The zero-order chi connectivity index (χ0) is 27.5. The molecule has 232 valence electrons. The molecular weight excluding hydrogens is 518 g/mol. The van der Waals surface area contributed by atoms with Gasteiger partial charge in [0.05, 0.1) is 0 Å². The van der Waals surface area contributed by atoms with Gasteiger partial charge in [-0.2, -0.15) is 0 Å². The number of hydrogen-bond acceptors (Lipinski definition) is 6. The number of hydrogen-bond donors (Lipinski definition) is 2. The van der Waals surface area contributed by atoms with Gasteiger partial charge in [-0.1, -0.05) is 103 Å². The summed E-state index contributed by atoms with van der Waals surface area (Å²) in [6.07, 6.45) is 22.3. The zero-order valence-electron chi connectivity index (χ0n) is 25.2. The second-order valence-corrected chi connectivity index (χ2v) is 10.8. The van der Waals surface area contributed by atoms with E-state index < -0.39 is 18.3 Å². The molecule has 1 saturated heterocycles. The first-order valence-electron chi connectivity index (χ1n) is 15.7. The van der Waals surface area contributed by atoms with E-state index in [0.717, 1.165) is 32.5 Å². The molecule has 0 radical (unpaired) electrons. The molecule has 0 bridgehead atoms. The molecule has 0 aliphatic carbocycles. The summed E-state index contributed by atoms with van der Waals surface area (Å²) in [4.78, 5) is 26.1. The zero-order valence-corrected chi connectivity index (χ0v) is 26.0. The average molecular weight is 578 g/mol. The lowest BCUT2D eigenvalue weighted by Gasteiger charge is -2.17. The number of methoxy groups -OCH3 is 1. The Morgan fingerprint density at radius 3 is 1.51 bits per heavy atom. The quantitative estimate of drug-likeness (QED) is 0.111. The van der Waals surface area contributed by atoms with Gasteiger partial charge >= 0.3 is 12.2 Å². The van der Waals surface area contributed by atoms with Crippen LogP contribution >= 0.6 is 12.4 Å². The fourth-order valence-electron chi connectivity index (χ4n) is 4.81. The van der Waals surface area contributed by atoms with Crippen molar-refractivity contribution in [2.45, 2.75) is 129 Å². The molecule has 1 heterocycles. The van der Waals surface area contributed by atoms with Crippen molar-refractivity contribution in [2.75, 3.05) is 53.0 Å². The predicted molar refractivity (Wildman–Crippen MR) is 162 cm³/mol. The number of nitrogens with zero attached hydrogens (tertiary/aromatic N) is 1. The monoisotopic (exact) mass is 577 g/mol. The van der Waals surface area contributed by atoms with Gasteiger partial charge in [0.25, 0.3) is 0 Å². The highest BCUT2D eigenvalue weighted by atomic mass is 35.5. The van der Waals surface area contributed by atoms with E-state index in [1.165, 1.54) is 110 Å². The molecule has 1 unspecified atom stereocenters. The van der Waals surface area contributed by atoms with Crippen LogP contribution in [0, 0.1) is 0 Å². The minimum atomic E-state index is -0.486. The molecule has 1 aliphatic rings. The van der Waals surface area contributed by atoms with Crippen LogP contribution in [0.15, 0.2) is 0 Å². The minimum absolute atomic E-state index is 0. The predicted octanol–water partition coefficient (Wildman–Crippen LogP) is 7.23. The Hall–Kier alpha value is -1.25. The molecule has 2 N–H and O–H groups in total. The molecule has 1 aliphatic heterocycles. The number of carbonyl (C=O) groups is 2. The highest BCUT2D eigenvalue weighted by Gasteiger charge is 2.15. The molecule has 39 heavy (non-hydrogen) atoms. The third-order valence-corrected chi connectivity index (χ3v) is 7.33. The lowest BCUT2D eigenvalue weighted by Crippen LogP contribution is -2.36. The molecule has 0 aromatic rings. The van der Waals surface area contributed by atoms with Crippen LogP contribution in [-0.2, 0) is 14.2 Å². The Kier molecular flexibility index (Phi) is 27.4. The molecule has 2 amide bonds. The molecule has 0 aromatic carbocycles. The largest absolute Gasteiger partial charge is 0.447 e. The van der Waals surface area contributed by atoms with E-state index in [4.69, 9.17) is 14.2 Å². The Labute approximate surface area is 245 Å². The summed E-state index contributed by atoms with van der Waals surface area (Å²) in [5.41, 5.74) is 0. The lowest BCUT2D eigenvalue weighted by molar-refractivity contribution is -0.00450. The van der Waals surface area contributed by atoms with Crippen LogP contribution in [0.3, 0.4) is 0 Å². The Morgan fingerprint density at radius 2 is 1.08 bits per heavy atom. The maximum Gasteiger partial charge on any atom is 0.407 e. The fourth-order valence-corrected chi connectivity index (χ4v) is 4.81. The van der Waals surface area contributed by atoms with E-state index in [1.54, 1.807) is 0 Å². The third-order valence-electron chi connectivity index (χ3n) is 7.33. The van der Waals surface area contributed by atoms with Gasteiger partial charge in [0.2, 0.25) is 0 Å². The van der Waals surface area contributed by atoms with Crippen molar-refractivity contribution in [1.29, 1.82) is 0 Å². The summed E-state index contributed by atoms with van der Waals surface area (Å²) in [5, 5.41) is 5.54. The minimum Gasteiger partial charge on any atom is -0.447 e. The first kappa shape index (κ1) is 37.8. The van der Waals surface area contributed by atoms with Crippen LogP contribution < -0.4 is 10.6 Å². The molecule has 0 spiro atoms. The number of ether oxygens (including phenoxy) is 3. The van der Waals surface area contributed by atoms with Crippen LogP contribution in [0.5, 0.6) is 0 Å². The first-order valence-corrected chi connectivity index (χ1v) is 15.7. The third kappa shape index (κ3) is 24.3. The van der Waals surface area contributed by atoms with Crippen LogP contribution in [-0.4, -0.2) is 76.2 Å². The summed E-state index contributed by atoms with van der Waals surface area (Å²) in [6.45, 7) is 6.57. The van der Waals surface area contributed by atoms with Gasteiger partial charge in [-0.3, -0.25) is 0 Å². The van der Waals surface area contributed by atoms with Gasteiger partial charge in [-0.25, -0.2) is 9.59 Å². The van der Waals surface area contributed by atoms with E-state index in [-0.39, 0.29) is 25.6 Å². The van der Waals surface area contributed by atoms with Crippen molar-refractivity contribution in [1.82, 2.24) is 15.5 Å². The van der Waals surface area contributed by atoms with E-state index >= 15 is 0 Å². The van der Waals surface area contributed by atoms with Gasteiger partial charge < -0.3 is 29.7 Å². The lowest BCUT2D eigenvalue weighted by atomic mass is 10.0. The number of carbonyl (C=O) groups excluding carboxylic acids is 2. The standard InChI is InChI=1S/C30H59N3O5.ClH/c1-3-4-5-6-7-8-9-10-11-12-13-14-15-16-17-18-21-31-29(34)37-26-28(36-2)27-38-30(35)32-22-25-33-23-19-20-24-33;/h28H,3-27H2,1-2H3,(H,31,34)(H,32,35);1H.